The van der Waals surface area contributed by atoms with Gasteiger partial charge in [-0.25, -0.2) is 9.97 Å². The van der Waals surface area contributed by atoms with E-state index in [9.17, 15) is 4.79 Å². The topological polar surface area (TPSA) is 81.9 Å². The fourth-order valence-electron chi connectivity index (χ4n) is 2.81. The van der Waals surface area contributed by atoms with Crippen LogP contribution in [0.15, 0.2) is 30.3 Å². The van der Waals surface area contributed by atoms with E-state index in [2.05, 4.69) is 26.3 Å². The Morgan fingerprint density at radius 2 is 2.00 bits per heavy atom. The SMILES string of the molecule is Cc1nc(C(=O)Nc2cccc(C#N)c2)cc(N2CCCCC2)n1. The Morgan fingerprint density at radius 1 is 1.21 bits per heavy atom. The van der Waals surface area contributed by atoms with Crippen molar-refractivity contribution in [1.29, 1.82) is 5.26 Å². The highest BCUT2D eigenvalue weighted by molar-refractivity contribution is 6.03. The summed E-state index contributed by atoms with van der Waals surface area (Å²) in [6.07, 6.45) is 3.53. The molecule has 0 bridgehead atoms. The largest absolute Gasteiger partial charge is 0.356 e. The highest BCUT2D eigenvalue weighted by atomic mass is 16.1. The Hall–Kier alpha value is -2.94. The number of hydrogen-bond acceptors (Lipinski definition) is 5. The van der Waals surface area contributed by atoms with Crippen molar-refractivity contribution in [3.63, 3.8) is 0 Å². The number of hydrogen-bond donors (Lipinski definition) is 1. The van der Waals surface area contributed by atoms with Crippen LogP contribution in [0.2, 0.25) is 0 Å². The summed E-state index contributed by atoms with van der Waals surface area (Å²) in [6, 6.07) is 10.6. The number of benzene rings is 1. The van der Waals surface area contributed by atoms with Crippen LogP contribution >= 0.6 is 0 Å². The number of aromatic nitrogens is 2. The molecule has 1 N–H and O–H groups in total. The van der Waals surface area contributed by atoms with Gasteiger partial charge in [0.1, 0.15) is 17.3 Å². The molecule has 0 spiro atoms. The molecule has 1 aromatic carbocycles. The van der Waals surface area contributed by atoms with Gasteiger partial charge in [-0.3, -0.25) is 4.79 Å². The standard InChI is InChI=1S/C18H19N5O/c1-13-20-16(11-17(21-13)23-8-3-2-4-9-23)18(24)22-15-7-5-6-14(10-15)12-19/h5-7,10-11H,2-4,8-9H2,1H3,(H,22,24). The molecular formula is C18H19N5O. The van der Waals surface area contributed by atoms with Crippen LogP contribution in [0.3, 0.4) is 0 Å². The highest BCUT2D eigenvalue weighted by Crippen LogP contribution is 2.19. The number of nitrogens with one attached hydrogen (secondary N) is 1. The predicted molar refractivity (Wildman–Crippen MR) is 91.9 cm³/mol. The lowest BCUT2D eigenvalue weighted by atomic mass is 10.1. The molecule has 3 rings (SSSR count). The zero-order valence-electron chi connectivity index (χ0n) is 13.6. The normalized spacial score (nSPS) is 14.1. The second-order valence-electron chi connectivity index (χ2n) is 5.85. The first-order valence-corrected chi connectivity index (χ1v) is 8.08. The number of amides is 1. The van der Waals surface area contributed by atoms with Gasteiger partial charge in [0, 0.05) is 24.8 Å². The Labute approximate surface area is 141 Å². The fraction of sp³-hybridized carbons (Fsp3) is 0.333. The summed E-state index contributed by atoms with van der Waals surface area (Å²) in [6.45, 7) is 3.71. The zero-order chi connectivity index (χ0) is 16.9. The number of nitrogens with zero attached hydrogens (tertiary/aromatic N) is 4. The van der Waals surface area contributed by atoms with Crippen molar-refractivity contribution in [2.24, 2.45) is 0 Å². The van der Waals surface area contributed by atoms with Crippen molar-refractivity contribution in [2.75, 3.05) is 23.3 Å². The highest BCUT2D eigenvalue weighted by Gasteiger charge is 2.16. The number of piperidine rings is 1. The van der Waals surface area contributed by atoms with Crippen LogP contribution in [0.1, 0.15) is 41.1 Å². The Morgan fingerprint density at radius 3 is 2.75 bits per heavy atom. The van der Waals surface area contributed by atoms with Gasteiger partial charge in [-0.2, -0.15) is 5.26 Å². The molecule has 0 saturated carbocycles. The molecule has 1 aliphatic heterocycles. The molecule has 6 heteroatoms. The smallest absolute Gasteiger partial charge is 0.274 e. The van der Waals surface area contributed by atoms with Crippen molar-refractivity contribution >= 4 is 17.4 Å². The van der Waals surface area contributed by atoms with Gasteiger partial charge in [0.25, 0.3) is 5.91 Å². The number of rotatable bonds is 3. The minimum Gasteiger partial charge on any atom is -0.356 e. The van der Waals surface area contributed by atoms with Gasteiger partial charge in [-0.05, 0) is 44.4 Å². The Kier molecular flexibility index (Phi) is 4.71. The number of anilines is 2. The first-order valence-electron chi connectivity index (χ1n) is 8.08. The first kappa shape index (κ1) is 15.9. The molecule has 2 aromatic rings. The van der Waals surface area contributed by atoms with Crippen molar-refractivity contribution < 1.29 is 4.79 Å². The van der Waals surface area contributed by atoms with Gasteiger partial charge in [-0.15, -0.1) is 0 Å². The number of aryl methyl sites for hydroxylation is 1. The molecule has 122 valence electrons. The fourth-order valence-corrected chi connectivity index (χ4v) is 2.81. The predicted octanol–water partition coefficient (Wildman–Crippen LogP) is 2.90. The van der Waals surface area contributed by atoms with Gasteiger partial charge in [0.15, 0.2) is 0 Å². The van der Waals surface area contributed by atoms with Crippen LogP contribution in [0.4, 0.5) is 11.5 Å². The number of carbonyl (C=O) groups is 1. The molecule has 1 fully saturated rings. The number of nitriles is 1. The van der Waals surface area contributed by atoms with E-state index < -0.39 is 0 Å². The van der Waals surface area contributed by atoms with Crippen LogP contribution in [0, 0.1) is 18.3 Å². The second-order valence-corrected chi connectivity index (χ2v) is 5.85. The lowest BCUT2D eigenvalue weighted by molar-refractivity contribution is 0.102. The average Bonchev–Trinajstić information content (AvgIpc) is 2.62. The van der Waals surface area contributed by atoms with E-state index in [1.165, 1.54) is 6.42 Å². The third-order valence-corrected chi connectivity index (χ3v) is 3.99. The summed E-state index contributed by atoms with van der Waals surface area (Å²) in [5.41, 5.74) is 1.42. The van der Waals surface area contributed by atoms with E-state index >= 15 is 0 Å². The van der Waals surface area contributed by atoms with Crippen molar-refractivity contribution in [3.8, 4) is 6.07 Å². The Balaban J connectivity index is 1.81. The van der Waals surface area contributed by atoms with Crippen molar-refractivity contribution in [3.05, 3.63) is 47.4 Å². The minimum absolute atomic E-state index is 0.297. The van der Waals surface area contributed by atoms with Crippen molar-refractivity contribution in [1.82, 2.24) is 9.97 Å². The van der Waals surface area contributed by atoms with Crippen LogP contribution in [-0.2, 0) is 0 Å². The second kappa shape index (κ2) is 7.09. The molecule has 1 saturated heterocycles. The van der Waals surface area contributed by atoms with Crippen molar-refractivity contribution in [2.45, 2.75) is 26.2 Å². The molecule has 6 nitrogen and oxygen atoms in total. The van der Waals surface area contributed by atoms with Crippen LogP contribution in [0.25, 0.3) is 0 Å². The molecule has 0 radical (unpaired) electrons. The lowest BCUT2D eigenvalue weighted by Crippen LogP contribution is -2.31. The van der Waals surface area contributed by atoms with Gasteiger partial charge >= 0.3 is 0 Å². The maximum atomic E-state index is 12.5. The molecule has 0 aliphatic carbocycles. The number of carbonyl (C=O) groups excluding carboxylic acids is 1. The molecule has 24 heavy (non-hydrogen) atoms. The summed E-state index contributed by atoms with van der Waals surface area (Å²) in [4.78, 5) is 23.4. The maximum Gasteiger partial charge on any atom is 0.274 e. The van der Waals surface area contributed by atoms with Gasteiger partial charge in [0.2, 0.25) is 0 Å². The van der Waals surface area contributed by atoms with Gasteiger partial charge in [0.05, 0.1) is 11.6 Å². The minimum atomic E-state index is -0.297. The lowest BCUT2D eigenvalue weighted by Gasteiger charge is -2.28. The van der Waals surface area contributed by atoms with Gasteiger partial charge < -0.3 is 10.2 Å². The summed E-state index contributed by atoms with van der Waals surface area (Å²) in [5.74, 6) is 1.08. The van der Waals surface area contributed by atoms with E-state index in [4.69, 9.17) is 5.26 Å². The van der Waals surface area contributed by atoms with E-state index in [1.54, 1.807) is 37.3 Å². The Bertz CT molecular complexity index is 790. The summed E-state index contributed by atoms with van der Waals surface area (Å²) < 4.78 is 0. The van der Waals surface area contributed by atoms with Crippen LogP contribution in [-0.4, -0.2) is 29.0 Å². The molecule has 0 unspecified atom stereocenters. The molecule has 1 aliphatic rings. The summed E-state index contributed by atoms with van der Waals surface area (Å²) in [7, 11) is 0. The third kappa shape index (κ3) is 3.69. The third-order valence-electron chi connectivity index (χ3n) is 3.99. The zero-order valence-corrected chi connectivity index (χ0v) is 13.6. The molecule has 0 atom stereocenters. The monoisotopic (exact) mass is 321 g/mol. The van der Waals surface area contributed by atoms with Gasteiger partial charge in [-0.1, -0.05) is 6.07 Å². The van der Waals surface area contributed by atoms with Crippen LogP contribution in [0.5, 0.6) is 0 Å². The summed E-state index contributed by atoms with van der Waals surface area (Å²) >= 11 is 0. The van der Waals surface area contributed by atoms with E-state index in [-0.39, 0.29) is 5.91 Å². The van der Waals surface area contributed by atoms with E-state index in [0.29, 0.717) is 22.8 Å². The molecular weight excluding hydrogens is 302 g/mol. The van der Waals surface area contributed by atoms with E-state index in [1.807, 2.05) is 0 Å². The average molecular weight is 321 g/mol. The quantitative estimate of drug-likeness (QED) is 0.940. The molecule has 1 amide bonds. The molecule has 1 aromatic heterocycles. The van der Waals surface area contributed by atoms with Crippen LogP contribution < -0.4 is 10.2 Å². The molecule has 2 heterocycles. The maximum absolute atomic E-state index is 12.5. The van der Waals surface area contributed by atoms with E-state index in [0.717, 1.165) is 31.7 Å². The summed E-state index contributed by atoms with van der Waals surface area (Å²) in [5, 5.41) is 11.7. The first-order chi connectivity index (χ1) is 11.7.